The summed E-state index contributed by atoms with van der Waals surface area (Å²) in [4.78, 5) is 23.4. The lowest BCUT2D eigenvalue weighted by molar-refractivity contribution is -0.383. The Morgan fingerprint density at radius 2 is 1.77 bits per heavy atom. The van der Waals surface area contributed by atoms with Gasteiger partial charge in [0.25, 0.3) is 0 Å². The second-order valence-electron chi connectivity index (χ2n) is 5.29. The molecule has 0 unspecified atom stereocenters. The van der Waals surface area contributed by atoms with E-state index in [1.165, 1.54) is 13.4 Å². The largest absolute Gasteiger partial charge is 0.495 e. The van der Waals surface area contributed by atoms with E-state index in [4.69, 9.17) is 4.74 Å². The van der Waals surface area contributed by atoms with E-state index in [1.807, 2.05) is 13.0 Å². The summed E-state index contributed by atoms with van der Waals surface area (Å²) in [5, 5.41) is 17.4. The van der Waals surface area contributed by atoms with Gasteiger partial charge in [-0.1, -0.05) is 18.2 Å². The van der Waals surface area contributed by atoms with Crippen molar-refractivity contribution in [1.29, 1.82) is 0 Å². The minimum absolute atomic E-state index is 0.0421. The van der Waals surface area contributed by atoms with Gasteiger partial charge in [-0.3, -0.25) is 10.1 Å². The molecule has 1 aromatic carbocycles. The molecule has 9 nitrogen and oxygen atoms in total. The van der Waals surface area contributed by atoms with E-state index in [2.05, 4.69) is 25.6 Å². The Labute approximate surface area is 149 Å². The molecule has 0 saturated carbocycles. The molecule has 9 heteroatoms. The first kappa shape index (κ1) is 17.1. The topological polar surface area (TPSA) is 115 Å². The van der Waals surface area contributed by atoms with Crippen LogP contribution in [0.4, 0.5) is 28.8 Å². The van der Waals surface area contributed by atoms with Crippen LogP contribution in [0.15, 0.2) is 48.8 Å². The van der Waals surface area contributed by atoms with Crippen LogP contribution >= 0.6 is 0 Å². The highest BCUT2D eigenvalue weighted by Gasteiger charge is 2.24. The van der Waals surface area contributed by atoms with Gasteiger partial charge in [0.05, 0.1) is 17.7 Å². The lowest BCUT2D eigenvalue weighted by Gasteiger charge is -2.12. The molecule has 3 rings (SSSR count). The van der Waals surface area contributed by atoms with Crippen LogP contribution in [0.25, 0.3) is 0 Å². The van der Waals surface area contributed by atoms with Crippen molar-refractivity contribution in [3.05, 3.63) is 64.6 Å². The number of pyridine rings is 1. The van der Waals surface area contributed by atoms with Gasteiger partial charge in [-0.25, -0.2) is 15.0 Å². The highest BCUT2D eigenvalue weighted by molar-refractivity contribution is 5.77. The van der Waals surface area contributed by atoms with Crippen molar-refractivity contribution in [2.24, 2.45) is 0 Å². The van der Waals surface area contributed by atoms with Crippen molar-refractivity contribution in [3.8, 4) is 5.75 Å². The summed E-state index contributed by atoms with van der Waals surface area (Å²) in [5.41, 5.74) is 1.04. The minimum atomic E-state index is -0.546. The maximum absolute atomic E-state index is 11.6. The van der Waals surface area contributed by atoms with E-state index in [1.54, 1.807) is 36.4 Å². The van der Waals surface area contributed by atoms with Crippen molar-refractivity contribution in [1.82, 2.24) is 15.0 Å². The summed E-state index contributed by atoms with van der Waals surface area (Å²) in [6.45, 7) is 1.83. The van der Waals surface area contributed by atoms with Gasteiger partial charge in [-0.15, -0.1) is 0 Å². The molecule has 2 heterocycles. The predicted octanol–water partition coefficient (Wildman–Crippen LogP) is 3.58. The van der Waals surface area contributed by atoms with Crippen molar-refractivity contribution < 1.29 is 9.66 Å². The molecule has 2 N–H and O–H groups in total. The first-order chi connectivity index (χ1) is 12.6. The molecule has 2 aromatic heterocycles. The molecular formula is C17H16N6O3. The number of aromatic nitrogens is 3. The normalized spacial score (nSPS) is 10.2. The number of hydrogen-bond acceptors (Lipinski definition) is 8. The first-order valence-corrected chi connectivity index (χ1v) is 7.68. The molecule has 3 aromatic rings. The average molecular weight is 352 g/mol. The summed E-state index contributed by atoms with van der Waals surface area (Å²) in [5.74, 6) is 1.08. The molecule has 0 atom stereocenters. The number of nitrogens with one attached hydrogen (secondary N) is 2. The van der Waals surface area contributed by atoms with Crippen LogP contribution in [0, 0.1) is 17.0 Å². The van der Waals surface area contributed by atoms with E-state index >= 15 is 0 Å². The number of para-hydroxylation sites is 2. The van der Waals surface area contributed by atoms with Gasteiger partial charge in [0.1, 0.15) is 17.9 Å². The molecular weight excluding hydrogens is 336 g/mol. The third kappa shape index (κ3) is 3.66. The van der Waals surface area contributed by atoms with Crippen LogP contribution in [0.2, 0.25) is 0 Å². The van der Waals surface area contributed by atoms with Crippen LogP contribution in [0.1, 0.15) is 5.69 Å². The SMILES string of the molecule is COc1ccccc1Nc1ncnc(Nc2cccc(C)n2)c1[N+](=O)[O-]. The molecule has 0 amide bonds. The van der Waals surface area contributed by atoms with Crippen molar-refractivity contribution >= 4 is 28.8 Å². The Morgan fingerprint density at radius 1 is 1.04 bits per heavy atom. The van der Waals surface area contributed by atoms with E-state index < -0.39 is 4.92 Å². The van der Waals surface area contributed by atoms with E-state index in [0.717, 1.165) is 5.69 Å². The third-order valence-corrected chi connectivity index (χ3v) is 3.50. The standard InChI is InChI=1S/C17H16N6O3/c1-11-6-5-9-14(20-11)22-17-15(23(24)25)16(18-10-19-17)21-12-7-3-4-8-13(12)26-2/h3-10H,1-2H3,(H2,18,19,20,21,22). The van der Waals surface area contributed by atoms with Crippen molar-refractivity contribution in [3.63, 3.8) is 0 Å². The van der Waals surface area contributed by atoms with Gasteiger partial charge >= 0.3 is 5.69 Å². The molecule has 0 fully saturated rings. The van der Waals surface area contributed by atoms with Crippen molar-refractivity contribution in [2.75, 3.05) is 17.7 Å². The summed E-state index contributed by atoms with van der Waals surface area (Å²) < 4.78 is 5.26. The number of anilines is 4. The van der Waals surface area contributed by atoms with E-state index in [0.29, 0.717) is 17.3 Å². The molecule has 0 aliphatic heterocycles. The van der Waals surface area contributed by atoms with E-state index in [9.17, 15) is 10.1 Å². The quantitative estimate of drug-likeness (QED) is 0.511. The van der Waals surface area contributed by atoms with Gasteiger partial charge in [0.2, 0.25) is 11.6 Å². The Bertz CT molecular complexity index is 947. The summed E-state index contributed by atoms with van der Waals surface area (Å²) in [6, 6.07) is 12.4. The molecule has 26 heavy (non-hydrogen) atoms. The van der Waals surface area contributed by atoms with Gasteiger partial charge < -0.3 is 15.4 Å². The fraction of sp³-hybridized carbons (Fsp3) is 0.118. The fourth-order valence-corrected chi connectivity index (χ4v) is 2.34. The number of nitrogens with zero attached hydrogens (tertiary/aromatic N) is 4. The Morgan fingerprint density at radius 3 is 2.46 bits per heavy atom. The molecule has 0 spiro atoms. The lowest BCUT2D eigenvalue weighted by Crippen LogP contribution is -2.06. The highest BCUT2D eigenvalue weighted by Crippen LogP contribution is 2.34. The molecule has 0 aliphatic rings. The van der Waals surface area contributed by atoms with Crippen molar-refractivity contribution in [2.45, 2.75) is 6.92 Å². The number of aryl methyl sites for hydroxylation is 1. The number of rotatable bonds is 6. The van der Waals surface area contributed by atoms with Gasteiger partial charge in [0, 0.05) is 5.69 Å². The Balaban J connectivity index is 2.00. The summed E-state index contributed by atoms with van der Waals surface area (Å²) in [6.07, 6.45) is 1.24. The average Bonchev–Trinajstić information content (AvgIpc) is 2.62. The zero-order chi connectivity index (χ0) is 18.5. The van der Waals surface area contributed by atoms with Crippen LogP contribution in [-0.4, -0.2) is 27.0 Å². The second kappa shape index (κ2) is 7.43. The smallest absolute Gasteiger partial charge is 0.353 e. The zero-order valence-electron chi connectivity index (χ0n) is 14.1. The monoisotopic (exact) mass is 352 g/mol. The molecule has 0 radical (unpaired) electrons. The van der Waals surface area contributed by atoms with Crippen LogP contribution < -0.4 is 15.4 Å². The number of methoxy groups -OCH3 is 1. The number of benzene rings is 1. The molecule has 0 aliphatic carbocycles. The fourth-order valence-electron chi connectivity index (χ4n) is 2.34. The minimum Gasteiger partial charge on any atom is -0.495 e. The summed E-state index contributed by atoms with van der Waals surface area (Å²) in [7, 11) is 1.52. The third-order valence-electron chi connectivity index (χ3n) is 3.50. The number of hydrogen-bond donors (Lipinski definition) is 2. The second-order valence-corrected chi connectivity index (χ2v) is 5.29. The van der Waals surface area contributed by atoms with Gasteiger partial charge in [-0.05, 0) is 31.2 Å². The Hall–Kier alpha value is -3.75. The Kier molecular flexibility index (Phi) is 4.88. The van der Waals surface area contributed by atoms with Crippen LogP contribution in [-0.2, 0) is 0 Å². The number of nitro groups is 1. The zero-order valence-corrected chi connectivity index (χ0v) is 14.1. The first-order valence-electron chi connectivity index (χ1n) is 7.68. The van der Waals surface area contributed by atoms with E-state index in [-0.39, 0.29) is 17.3 Å². The van der Waals surface area contributed by atoms with Gasteiger partial charge in [-0.2, -0.15) is 0 Å². The molecule has 132 valence electrons. The van der Waals surface area contributed by atoms with Crippen LogP contribution in [0.3, 0.4) is 0 Å². The molecule has 0 bridgehead atoms. The number of ether oxygens (including phenoxy) is 1. The van der Waals surface area contributed by atoms with Gasteiger partial charge in [0.15, 0.2) is 0 Å². The molecule has 0 saturated heterocycles. The highest BCUT2D eigenvalue weighted by atomic mass is 16.6. The maximum atomic E-state index is 11.6. The summed E-state index contributed by atoms with van der Waals surface area (Å²) >= 11 is 0. The predicted molar refractivity (Wildman–Crippen MR) is 97.2 cm³/mol. The van der Waals surface area contributed by atoms with Crippen LogP contribution in [0.5, 0.6) is 5.75 Å². The maximum Gasteiger partial charge on any atom is 0.353 e. The lowest BCUT2D eigenvalue weighted by atomic mass is 10.3.